The van der Waals surface area contributed by atoms with E-state index in [0.29, 0.717) is 12.0 Å². The Balaban J connectivity index is 1.63. The number of nitrogens with one attached hydrogen (secondary N) is 1. The molecule has 2 nitrogen and oxygen atoms in total. The van der Waals surface area contributed by atoms with E-state index in [1.807, 2.05) is 6.07 Å². The number of carbonyl (C=O) groups is 1. The second kappa shape index (κ2) is 4.93. The number of thiophene rings is 1. The molecule has 1 N–H and O–H groups in total. The highest BCUT2D eigenvalue weighted by molar-refractivity contribution is 7.14. The lowest BCUT2D eigenvalue weighted by atomic mass is 9.84. The van der Waals surface area contributed by atoms with Gasteiger partial charge in [0.1, 0.15) is 0 Å². The second-order valence-electron chi connectivity index (χ2n) is 6.45. The van der Waals surface area contributed by atoms with Crippen LogP contribution in [0.1, 0.15) is 52.7 Å². The molecule has 0 radical (unpaired) electrons. The molecule has 1 heterocycles. The van der Waals surface area contributed by atoms with Crippen LogP contribution in [-0.4, -0.2) is 11.9 Å². The van der Waals surface area contributed by atoms with Gasteiger partial charge in [0.05, 0.1) is 4.88 Å². The van der Waals surface area contributed by atoms with Crippen LogP contribution in [0.25, 0.3) is 0 Å². The lowest BCUT2D eigenvalue weighted by Gasteiger charge is -2.28. The fourth-order valence-electron chi connectivity index (χ4n) is 3.98. The van der Waals surface area contributed by atoms with Gasteiger partial charge in [0, 0.05) is 10.9 Å². The van der Waals surface area contributed by atoms with E-state index in [9.17, 15) is 4.79 Å². The third-order valence-electron chi connectivity index (χ3n) is 5.18. The van der Waals surface area contributed by atoms with Gasteiger partial charge in [-0.2, -0.15) is 0 Å². The summed E-state index contributed by atoms with van der Waals surface area (Å²) in [5, 5.41) is 3.24. The smallest absolute Gasteiger partial charge is 0.261 e. The molecule has 0 unspecified atom stereocenters. The van der Waals surface area contributed by atoms with Crippen molar-refractivity contribution in [2.45, 2.75) is 52.5 Å². The van der Waals surface area contributed by atoms with E-state index < -0.39 is 0 Å². The van der Waals surface area contributed by atoms with Crippen molar-refractivity contribution in [2.75, 3.05) is 0 Å². The Hall–Kier alpha value is -0.830. The van der Waals surface area contributed by atoms with Crippen molar-refractivity contribution in [3.05, 3.63) is 21.4 Å². The molecule has 2 aliphatic rings. The molecule has 2 bridgehead atoms. The first-order chi connectivity index (χ1) is 9.04. The third-order valence-corrected chi connectivity index (χ3v) is 6.33. The highest BCUT2D eigenvalue weighted by Gasteiger charge is 2.42. The Morgan fingerprint density at radius 2 is 2.16 bits per heavy atom. The molecule has 0 aromatic carbocycles. The quantitative estimate of drug-likeness (QED) is 0.891. The zero-order chi connectivity index (χ0) is 13.6. The highest BCUT2D eigenvalue weighted by Crippen LogP contribution is 2.49. The number of amides is 1. The molecule has 1 aromatic heterocycles. The standard InChI is InChI=1S/C16H23NOS/c1-9-6-15(19-11(9)3)16(18)17-10(2)14-8-12-4-5-13(14)7-12/h6,10,12-14H,4-5,7-8H2,1-3H3,(H,17,18)/t10-,12+,13+,14+/m0/s1. The number of carbonyl (C=O) groups excluding carboxylic acids is 1. The van der Waals surface area contributed by atoms with E-state index in [1.54, 1.807) is 11.3 Å². The average Bonchev–Trinajstić information content (AvgIpc) is 3.06. The van der Waals surface area contributed by atoms with Gasteiger partial charge in [-0.1, -0.05) is 6.42 Å². The number of hydrogen-bond acceptors (Lipinski definition) is 2. The highest BCUT2D eigenvalue weighted by atomic mass is 32.1. The first-order valence-electron chi connectivity index (χ1n) is 7.42. The molecule has 19 heavy (non-hydrogen) atoms. The SMILES string of the molecule is Cc1cc(C(=O)N[C@@H](C)[C@H]2C[C@@H]3CC[C@@H]2C3)sc1C. The van der Waals surface area contributed by atoms with E-state index in [2.05, 4.69) is 26.1 Å². The van der Waals surface area contributed by atoms with Crippen LogP contribution in [0.3, 0.4) is 0 Å². The van der Waals surface area contributed by atoms with Gasteiger partial charge in [0.15, 0.2) is 0 Å². The molecule has 0 saturated heterocycles. The number of rotatable bonds is 3. The van der Waals surface area contributed by atoms with Crippen molar-refractivity contribution < 1.29 is 4.79 Å². The minimum atomic E-state index is 0.122. The maximum Gasteiger partial charge on any atom is 0.261 e. The third kappa shape index (κ3) is 2.45. The second-order valence-corrected chi connectivity index (χ2v) is 7.71. The molecule has 0 spiro atoms. The summed E-state index contributed by atoms with van der Waals surface area (Å²) < 4.78 is 0. The van der Waals surface area contributed by atoms with Gasteiger partial charge in [0.2, 0.25) is 0 Å². The molecular formula is C16H23NOS. The summed E-state index contributed by atoms with van der Waals surface area (Å²) >= 11 is 1.61. The zero-order valence-corrected chi connectivity index (χ0v) is 12.8. The van der Waals surface area contributed by atoms with Gasteiger partial charge in [-0.3, -0.25) is 4.79 Å². The summed E-state index contributed by atoms with van der Waals surface area (Å²) in [6.07, 6.45) is 5.54. The fourth-order valence-corrected chi connectivity index (χ4v) is 4.91. The van der Waals surface area contributed by atoms with Gasteiger partial charge >= 0.3 is 0 Å². The van der Waals surface area contributed by atoms with Crippen LogP contribution in [0.5, 0.6) is 0 Å². The Morgan fingerprint density at radius 3 is 2.68 bits per heavy atom. The van der Waals surface area contributed by atoms with Crippen molar-refractivity contribution >= 4 is 17.2 Å². The van der Waals surface area contributed by atoms with Crippen LogP contribution < -0.4 is 5.32 Å². The molecule has 0 aliphatic heterocycles. The summed E-state index contributed by atoms with van der Waals surface area (Å²) in [7, 11) is 0. The molecule has 3 heteroatoms. The summed E-state index contributed by atoms with van der Waals surface area (Å²) in [6.45, 7) is 6.34. The average molecular weight is 277 g/mol. The predicted molar refractivity (Wildman–Crippen MR) is 79.7 cm³/mol. The van der Waals surface area contributed by atoms with Gasteiger partial charge in [-0.15, -0.1) is 11.3 Å². The normalized spacial score (nSPS) is 30.6. The van der Waals surface area contributed by atoms with Gasteiger partial charge in [0.25, 0.3) is 5.91 Å². The number of hydrogen-bond donors (Lipinski definition) is 1. The fraction of sp³-hybridized carbons (Fsp3) is 0.688. The van der Waals surface area contributed by atoms with E-state index in [0.717, 1.165) is 16.7 Å². The Morgan fingerprint density at radius 1 is 1.37 bits per heavy atom. The van der Waals surface area contributed by atoms with Crippen molar-refractivity contribution in [2.24, 2.45) is 17.8 Å². The first-order valence-corrected chi connectivity index (χ1v) is 8.24. The summed E-state index contributed by atoms with van der Waals surface area (Å²) in [6, 6.07) is 2.34. The molecule has 4 atom stereocenters. The number of fused-ring (bicyclic) bond motifs is 2. The van der Waals surface area contributed by atoms with Gasteiger partial charge < -0.3 is 5.32 Å². The lowest BCUT2D eigenvalue weighted by Crippen LogP contribution is -2.39. The first kappa shape index (κ1) is 13.2. The van der Waals surface area contributed by atoms with Crippen LogP contribution in [0.15, 0.2) is 6.07 Å². The van der Waals surface area contributed by atoms with E-state index >= 15 is 0 Å². The summed E-state index contributed by atoms with van der Waals surface area (Å²) in [4.78, 5) is 14.4. The van der Waals surface area contributed by atoms with Crippen molar-refractivity contribution in [3.8, 4) is 0 Å². The van der Waals surface area contributed by atoms with Gasteiger partial charge in [-0.05, 0) is 69.4 Å². The largest absolute Gasteiger partial charge is 0.349 e. The summed E-state index contributed by atoms with van der Waals surface area (Å²) in [5.74, 6) is 2.65. The van der Waals surface area contributed by atoms with Crippen LogP contribution in [-0.2, 0) is 0 Å². The Kier molecular flexibility index (Phi) is 3.42. The minimum absolute atomic E-state index is 0.122. The molecule has 2 aliphatic carbocycles. The van der Waals surface area contributed by atoms with Crippen molar-refractivity contribution in [3.63, 3.8) is 0 Å². The van der Waals surface area contributed by atoms with Crippen molar-refractivity contribution in [1.29, 1.82) is 0 Å². The maximum absolute atomic E-state index is 12.3. The topological polar surface area (TPSA) is 29.1 Å². The minimum Gasteiger partial charge on any atom is -0.349 e. The molecule has 104 valence electrons. The molecule has 1 aromatic rings. The van der Waals surface area contributed by atoms with Crippen LogP contribution in [0.4, 0.5) is 0 Å². The molecule has 1 amide bonds. The maximum atomic E-state index is 12.3. The molecular weight excluding hydrogens is 254 g/mol. The van der Waals surface area contributed by atoms with Gasteiger partial charge in [-0.25, -0.2) is 0 Å². The zero-order valence-electron chi connectivity index (χ0n) is 12.0. The van der Waals surface area contributed by atoms with Crippen LogP contribution in [0.2, 0.25) is 0 Å². The molecule has 2 saturated carbocycles. The van der Waals surface area contributed by atoms with Crippen LogP contribution >= 0.6 is 11.3 Å². The summed E-state index contributed by atoms with van der Waals surface area (Å²) in [5.41, 5.74) is 1.22. The Bertz CT molecular complexity index is 473. The molecule has 3 rings (SSSR count). The predicted octanol–water partition coefficient (Wildman–Crippen LogP) is 3.92. The number of aryl methyl sites for hydroxylation is 2. The lowest BCUT2D eigenvalue weighted by molar-refractivity contribution is 0.0919. The van der Waals surface area contributed by atoms with Crippen molar-refractivity contribution in [1.82, 2.24) is 5.32 Å². The van der Waals surface area contributed by atoms with E-state index in [4.69, 9.17) is 0 Å². The molecule has 2 fully saturated rings. The van der Waals surface area contributed by atoms with Crippen LogP contribution in [0, 0.1) is 31.6 Å². The van der Waals surface area contributed by atoms with E-state index in [-0.39, 0.29) is 5.91 Å². The van der Waals surface area contributed by atoms with E-state index in [1.165, 1.54) is 36.1 Å². The monoisotopic (exact) mass is 277 g/mol. The Labute approximate surface area is 119 Å².